The van der Waals surface area contributed by atoms with Gasteiger partial charge in [0.1, 0.15) is 6.61 Å². The average Bonchev–Trinajstić information content (AvgIpc) is 1.96. The number of carbonyl (C=O) groups excluding carboxylic acids is 1. The van der Waals surface area contributed by atoms with Crippen molar-refractivity contribution < 1.29 is 24.5 Å². The highest BCUT2D eigenvalue weighted by atomic mass is 16.5. The molecule has 2 N–H and O–H groups in total. The number of carboxylic acid groups (broad SMARTS) is 1. The topological polar surface area (TPSA) is 83.8 Å². The molecule has 0 fully saturated rings. The molecule has 0 aliphatic heterocycles. The summed E-state index contributed by atoms with van der Waals surface area (Å²) in [4.78, 5) is 20.5. The summed E-state index contributed by atoms with van der Waals surface area (Å²) in [5, 5.41) is 16.8. The monoisotopic (exact) mass is 174 g/mol. The van der Waals surface area contributed by atoms with Crippen LogP contribution in [0.3, 0.4) is 0 Å². The van der Waals surface area contributed by atoms with Gasteiger partial charge in [0, 0.05) is 12.2 Å². The molecule has 0 amide bonds. The highest BCUT2D eigenvalue weighted by molar-refractivity contribution is 5.90. The fourth-order valence-corrected chi connectivity index (χ4v) is 0.390. The van der Waals surface area contributed by atoms with Crippen LogP contribution >= 0.6 is 0 Å². The normalized spacial score (nSPS) is 12.8. The van der Waals surface area contributed by atoms with E-state index in [9.17, 15) is 9.59 Å². The lowest BCUT2D eigenvalue weighted by atomic mass is 10.4. The molecule has 1 atom stereocenters. The number of rotatable bonds is 4. The predicted molar refractivity (Wildman–Crippen MR) is 39.4 cm³/mol. The maximum atomic E-state index is 10.6. The van der Waals surface area contributed by atoms with Crippen LogP contribution in [0.15, 0.2) is 12.2 Å². The van der Waals surface area contributed by atoms with E-state index in [-0.39, 0.29) is 6.61 Å². The Morgan fingerprint density at radius 2 is 2.08 bits per heavy atom. The van der Waals surface area contributed by atoms with E-state index in [0.29, 0.717) is 6.08 Å². The molecule has 0 aromatic carbocycles. The maximum absolute atomic E-state index is 10.6. The fourth-order valence-electron chi connectivity index (χ4n) is 0.390. The van der Waals surface area contributed by atoms with Crippen molar-refractivity contribution in [2.45, 2.75) is 13.0 Å². The second-order valence-electron chi connectivity index (χ2n) is 2.15. The molecule has 12 heavy (non-hydrogen) atoms. The van der Waals surface area contributed by atoms with E-state index in [2.05, 4.69) is 4.74 Å². The van der Waals surface area contributed by atoms with Crippen molar-refractivity contribution in [3.63, 3.8) is 0 Å². The van der Waals surface area contributed by atoms with Crippen LogP contribution in [0.5, 0.6) is 0 Å². The highest BCUT2D eigenvalue weighted by Crippen LogP contribution is 1.86. The van der Waals surface area contributed by atoms with Gasteiger partial charge in [-0.3, -0.25) is 0 Å². The van der Waals surface area contributed by atoms with Gasteiger partial charge in [0.05, 0.1) is 6.10 Å². The van der Waals surface area contributed by atoms with Gasteiger partial charge in [-0.2, -0.15) is 0 Å². The lowest BCUT2D eigenvalue weighted by Gasteiger charge is -2.02. The second kappa shape index (κ2) is 5.31. The fraction of sp³-hybridized carbons (Fsp3) is 0.429. The van der Waals surface area contributed by atoms with Crippen LogP contribution in [0.2, 0.25) is 0 Å². The molecule has 0 heterocycles. The minimum absolute atomic E-state index is 0.136. The van der Waals surface area contributed by atoms with Crippen LogP contribution < -0.4 is 0 Å². The molecule has 0 saturated heterocycles. The standard InChI is InChI=1S/C7H10O5/c1-5(8)4-12-7(11)3-2-6(9)10/h2-3,5,8H,4H2,1H3,(H,9,10)/b3-2+. The van der Waals surface area contributed by atoms with Crippen LogP contribution in [-0.2, 0) is 14.3 Å². The largest absolute Gasteiger partial charge is 0.478 e. The number of aliphatic carboxylic acids is 1. The van der Waals surface area contributed by atoms with Crippen LogP contribution in [0.1, 0.15) is 6.92 Å². The molecule has 0 bridgehead atoms. The number of esters is 1. The molecule has 68 valence electrons. The summed E-state index contributed by atoms with van der Waals surface area (Å²) >= 11 is 0. The van der Waals surface area contributed by atoms with Crippen LogP contribution in [0.4, 0.5) is 0 Å². The summed E-state index contributed by atoms with van der Waals surface area (Å²) in [7, 11) is 0. The van der Waals surface area contributed by atoms with Crippen molar-refractivity contribution in [1.29, 1.82) is 0 Å². The molecule has 5 heteroatoms. The number of aliphatic hydroxyl groups is 1. The van der Waals surface area contributed by atoms with Gasteiger partial charge in [-0.25, -0.2) is 9.59 Å². The Morgan fingerprint density at radius 1 is 1.50 bits per heavy atom. The van der Waals surface area contributed by atoms with Crippen molar-refractivity contribution in [2.24, 2.45) is 0 Å². The van der Waals surface area contributed by atoms with Crippen molar-refractivity contribution in [3.05, 3.63) is 12.2 Å². The first kappa shape index (κ1) is 10.6. The second-order valence-corrected chi connectivity index (χ2v) is 2.15. The van der Waals surface area contributed by atoms with Gasteiger partial charge in [0.25, 0.3) is 0 Å². The third-order valence-electron chi connectivity index (χ3n) is 0.829. The first-order valence-corrected chi connectivity index (χ1v) is 3.28. The molecule has 0 radical (unpaired) electrons. The average molecular weight is 174 g/mol. The van der Waals surface area contributed by atoms with Crippen molar-refractivity contribution in [3.8, 4) is 0 Å². The van der Waals surface area contributed by atoms with E-state index >= 15 is 0 Å². The smallest absolute Gasteiger partial charge is 0.331 e. The van der Waals surface area contributed by atoms with Gasteiger partial charge >= 0.3 is 11.9 Å². The number of hydrogen-bond acceptors (Lipinski definition) is 4. The Hall–Kier alpha value is -1.36. The Morgan fingerprint density at radius 3 is 2.50 bits per heavy atom. The molecule has 5 nitrogen and oxygen atoms in total. The maximum Gasteiger partial charge on any atom is 0.331 e. The Bertz CT molecular complexity index is 194. The van der Waals surface area contributed by atoms with Crippen molar-refractivity contribution >= 4 is 11.9 Å². The Kier molecular flexibility index (Phi) is 4.71. The lowest BCUT2D eigenvalue weighted by molar-refractivity contribution is -0.141. The van der Waals surface area contributed by atoms with E-state index in [0.717, 1.165) is 6.08 Å². The summed E-state index contributed by atoms with van der Waals surface area (Å²) in [5.41, 5.74) is 0. The van der Waals surface area contributed by atoms with Gasteiger partial charge in [-0.1, -0.05) is 0 Å². The van der Waals surface area contributed by atoms with Crippen molar-refractivity contribution in [2.75, 3.05) is 6.61 Å². The summed E-state index contributed by atoms with van der Waals surface area (Å²) in [6.07, 6.45) is 0.710. The van der Waals surface area contributed by atoms with E-state index in [4.69, 9.17) is 10.2 Å². The number of carbonyl (C=O) groups is 2. The summed E-state index contributed by atoms with van der Waals surface area (Å²) in [6.45, 7) is 1.32. The minimum atomic E-state index is -1.22. The third kappa shape index (κ3) is 6.76. The Balaban J connectivity index is 3.67. The zero-order chi connectivity index (χ0) is 9.56. The summed E-state index contributed by atoms with van der Waals surface area (Å²) in [6, 6.07) is 0. The zero-order valence-electron chi connectivity index (χ0n) is 6.56. The van der Waals surface area contributed by atoms with Crippen molar-refractivity contribution in [1.82, 2.24) is 0 Å². The molecule has 0 aromatic rings. The van der Waals surface area contributed by atoms with Gasteiger partial charge in [-0.15, -0.1) is 0 Å². The summed E-state index contributed by atoms with van der Waals surface area (Å²) < 4.78 is 4.41. The first-order chi connectivity index (χ1) is 5.52. The van der Waals surface area contributed by atoms with Gasteiger partial charge in [0.15, 0.2) is 0 Å². The lowest BCUT2D eigenvalue weighted by Crippen LogP contribution is -2.13. The molecule has 0 saturated carbocycles. The molecule has 0 aliphatic carbocycles. The predicted octanol–water partition coefficient (Wildman–Crippen LogP) is -0.449. The molecule has 0 aromatic heterocycles. The van der Waals surface area contributed by atoms with Gasteiger partial charge < -0.3 is 14.9 Å². The van der Waals surface area contributed by atoms with E-state index < -0.39 is 18.0 Å². The van der Waals surface area contributed by atoms with Crippen LogP contribution in [0.25, 0.3) is 0 Å². The Labute approximate surface area is 69.3 Å². The zero-order valence-corrected chi connectivity index (χ0v) is 6.56. The molecule has 0 spiro atoms. The first-order valence-electron chi connectivity index (χ1n) is 3.28. The van der Waals surface area contributed by atoms with Crippen LogP contribution in [0, 0.1) is 0 Å². The van der Waals surface area contributed by atoms with E-state index in [1.807, 2.05) is 0 Å². The molecule has 0 rings (SSSR count). The quantitative estimate of drug-likeness (QED) is 0.445. The summed E-state index contributed by atoms with van der Waals surface area (Å²) in [5.74, 6) is -2.00. The number of carboxylic acids is 1. The highest BCUT2D eigenvalue weighted by Gasteiger charge is 2.00. The van der Waals surface area contributed by atoms with Crippen LogP contribution in [-0.4, -0.2) is 34.9 Å². The molecule has 1 unspecified atom stereocenters. The number of ether oxygens (including phenoxy) is 1. The molecular formula is C7H10O5. The minimum Gasteiger partial charge on any atom is -0.478 e. The number of aliphatic hydroxyl groups excluding tert-OH is 1. The van der Waals surface area contributed by atoms with E-state index in [1.165, 1.54) is 6.92 Å². The molecular weight excluding hydrogens is 164 g/mol. The van der Waals surface area contributed by atoms with Gasteiger partial charge in [0.2, 0.25) is 0 Å². The molecule has 0 aliphatic rings. The SMILES string of the molecule is CC(O)COC(=O)/C=C/C(=O)O. The van der Waals surface area contributed by atoms with Gasteiger partial charge in [-0.05, 0) is 6.92 Å². The third-order valence-corrected chi connectivity index (χ3v) is 0.829. The van der Waals surface area contributed by atoms with E-state index in [1.54, 1.807) is 0 Å². The number of hydrogen-bond donors (Lipinski definition) is 2.